The summed E-state index contributed by atoms with van der Waals surface area (Å²) in [6.07, 6.45) is -8.91. The maximum absolute atomic E-state index is 15.5. The fourth-order valence-electron chi connectivity index (χ4n) is 7.54. The summed E-state index contributed by atoms with van der Waals surface area (Å²) in [5, 5.41) is 9.15. The molecule has 0 aliphatic heterocycles. The number of sulfonamides is 1. The normalized spacial score (nSPS) is 18.4. The van der Waals surface area contributed by atoms with Crippen molar-refractivity contribution in [2.75, 3.05) is 17.2 Å². The molecule has 0 saturated heterocycles. The van der Waals surface area contributed by atoms with E-state index in [4.69, 9.17) is 11.6 Å². The summed E-state index contributed by atoms with van der Waals surface area (Å²) in [4.78, 5) is 18.6. The molecule has 1 saturated carbocycles. The van der Waals surface area contributed by atoms with Gasteiger partial charge in [0.25, 0.3) is 5.92 Å². The fraction of sp³-hybridized carbons (Fsp3) is 0.375. The molecule has 0 radical (unpaired) electrons. The number of benzene rings is 2. The number of halogens is 11. The van der Waals surface area contributed by atoms with Crippen LogP contribution in [-0.2, 0) is 55.9 Å². The van der Waals surface area contributed by atoms with Gasteiger partial charge in [0.2, 0.25) is 15.9 Å². The third-order valence-corrected chi connectivity index (χ3v) is 13.9. The Morgan fingerprint density at radius 3 is 2.22 bits per heavy atom. The van der Waals surface area contributed by atoms with Crippen LogP contribution in [0.15, 0.2) is 42.5 Å². The standard InChI is InChI=1S/C40H34ClF10N7O4S2/c1-37(2,63(3,4)60)11-10-22-6-7-23(24-8-9-27(41)31-33(24)58(18-38(44,45)46)55-36(31)56-64(5,61)62)32(52-22)28(14-19-12-20(42)15-21(43)13-19)53-29(59)17-57-35-30(34(54-57)40(49,50)51)25-16-26(25)39(35,47)48/h6-9,12-13,15,25-26,28H,3,14,16-18H2,1-2,4-5H3,(H,53,59)(H,55,56)/t25-,26+,28-,63?/m0/s1. The smallest absolute Gasteiger partial charge is 0.346 e. The summed E-state index contributed by atoms with van der Waals surface area (Å²) in [5.74, 6) is -1.20. The lowest BCUT2D eigenvalue weighted by molar-refractivity contribution is -0.142. The Morgan fingerprint density at radius 2 is 1.62 bits per heavy atom. The minimum atomic E-state index is -5.17. The van der Waals surface area contributed by atoms with Gasteiger partial charge in [-0.25, -0.2) is 22.2 Å². The Kier molecular flexibility index (Phi) is 11.4. The van der Waals surface area contributed by atoms with Crippen molar-refractivity contribution in [1.82, 2.24) is 29.9 Å². The largest absolute Gasteiger partial charge is 0.435 e. The first-order chi connectivity index (χ1) is 29.3. The van der Waals surface area contributed by atoms with Crippen molar-refractivity contribution in [1.29, 1.82) is 0 Å². The number of aromatic nitrogens is 5. The lowest BCUT2D eigenvalue weighted by Crippen LogP contribution is -2.35. The summed E-state index contributed by atoms with van der Waals surface area (Å²) < 4.78 is 184. The van der Waals surface area contributed by atoms with Gasteiger partial charge in [0.05, 0.1) is 38.7 Å². The molecule has 1 unspecified atom stereocenters. The van der Waals surface area contributed by atoms with Crippen molar-refractivity contribution in [3.8, 4) is 23.0 Å². The second kappa shape index (κ2) is 15.7. The predicted octanol–water partition coefficient (Wildman–Crippen LogP) is 7.96. The third-order valence-electron chi connectivity index (χ3n) is 10.8. The van der Waals surface area contributed by atoms with Gasteiger partial charge in [0.1, 0.15) is 36.1 Å². The monoisotopic (exact) mass is 965 g/mol. The van der Waals surface area contributed by atoms with E-state index in [9.17, 15) is 52.5 Å². The van der Waals surface area contributed by atoms with Crippen molar-refractivity contribution in [2.24, 2.45) is 5.92 Å². The number of hydrogen-bond acceptors (Lipinski definition) is 7. The third kappa shape index (κ3) is 9.26. The van der Waals surface area contributed by atoms with Gasteiger partial charge in [0.15, 0.2) is 11.5 Å². The second-order valence-electron chi connectivity index (χ2n) is 16.1. The van der Waals surface area contributed by atoms with Crippen LogP contribution >= 0.6 is 11.6 Å². The number of pyridine rings is 1. The molecule has 3 heterocycles. The first-order valence-corrected chi connectivity index (χ1v) is 23.2. The van der Waals surface area contributed by atoms with Gasteiger partial charge in [0, 0.05) is 34.9 Å². The Morgan fingerprint density at radius 1 is 0.984 bits per heavy atom. The summed E-state index contributed by atoms with van der Waals surface area (Å²) in [6.45, 7) is 0.00455. The van der Waals surface area contributed by atoms with Crippen LogP contribution in [-0.4, -0.2) is 72.4 Å². The zero-order valence-electron chi connectivity index (χ0n) is 33.7. The van der Waals surface area contributed by atoms with Crippen LogP contribution in [0.4, 0.5) is 49.7 Å². The number of fused-ring (bicyclic) bond motifs is 4. The molecular formula is C40H34ClF10N7O4S2. The number of carbonyl (C=O) groups is 1. The van der Waals surface area contributed by atoms with Crippen LogP contribution in [0.25, 0.3) is 22.0 Å². The van der Waals surface area contributed by atoms with Crippen molar-refractivity contribution in [3.63, 3.8) is 0 Å². The van der Waals surface area contributed by atoms with Crippen LogP contribution < -0.4 is 10.0 Å². The molecule has 2 N–H and O–H groups in total. The molecule has 2 aliphatic rings. The lowest BCUT2D eigenvalue weighted by Gasteiger charge is -2.23. The van der Waals surface area contributed by atoms with Crippen LogP contribution in [0.2, 0.25) is 5.02 Å². The Bertz CT molecular complexity index is 3030. The molecule has 24 heteroatoms. The van der Waals surface area contributed by atoms with E-state index in [1.165, 1.54) is 44.4 Å². The van der Waals surface area contributed by atoms with E-state index < -0.39 is 126 Å². The highest BCUT2D eigenvalue weighted by molar-refractivity contribution is 8.01. The molecule has 7 rings (SSSR count). The number of nitrogens with zero attached hydrogens (tertiary/aromatic N) is 5. The molecule has 64 heavy (non-hydrogen) atoms. The molecule has 4 atom stereocenters. The second-order valence-corrected chi connectivity index (χ2v) is 21.3. The highest BCUT2D eigenvalue weighted by Gasteiger charge is 2.68. The first-order valence-electron chi connectivity index (χ1n) is 18.7. The van der Waals surface area contributed by atoms with E-state index >= 15 is 8.78 Å². The quantitative estimate of drug-likeness (QED) is 0.0778. The maximum atomic E-state index is 15.5. The summed E-state index contributed by atoms with van der Waals surface area (Å²) >= 11 is 6.48. The lowest BCUT2D eigenvalue weighted by atomic mass is 9.93. The molecule has 5 aromatic rings. The highest BCUT2D eigenvalue weighted by Crippen LogP contribution is 2.68. The number of rotatable bonds is 11. The Hall–Kier alpha value is -5.34. The van der Waals surface area contributed by atoms with E-state index in [0.717, 1.165) is 12.1 Å². The molecule has 11 nitrogen and oxygen atoms in total. The minimum Gasteiger partial charge on any atom is -0.346 e. The summed E-state index contributed by atoms with van der Waals surface area (Å²) in [7, 11) is -7.04. The van der Waals surface area contributed by atoms with E-state index in [-0.39, 0.29) is 49.6 Å². The number of alkyl halides is 8. The molecule has 342 valence electrons. The minimum absolute atomic E-state index is 0.132. The van der Waals surface area contributed by atoms with E-state index in [1.54, 1.807) is 0 Å². The van der Waals surface area contributed by atoms with Crippen molar-refractivity contribution >= 4 is 59.6 Å². The molecule has 2 aromatic carbocycles. The molecule has 1 fully saturated rings. The molecule has 1 amide bonds. The van der Waals surface area contributed by atoms with E-state index in [2.05, 4.69) is 38.2 Å². The van der Waals surface area contributed by atoms with Gasteiger partial charge in [-0.2, -0.15) is 45.3 Å². The molecular weight excluding hydrogens is 932 g/mol. The average Bonchev–Trinajstić information content (AvgIpc) is 3.66. The zero-order chi connectivity index (χ0) is 47.3. The van der Waals surface area contributed by atoms with Crippen molar-refractivity contribution < 1.29 is 61.3 Å². The van der Waals surface area contributed by atoms with E-state index in [1.807, 2.05) is 4.72 Å². The van der Waals surface area contributed by atoms with E-state index in [0.29, 0.717) is 17.0 Å². The van der Waals surface area contributed by atoms with Crippen molar-refractivity contribution in [3.05, 3.63) is 93.0 Å². The Balaban J connectivity index is 1.45. The first kappa shape index (κ1) is 46.6. The van der Waals surface area contributed by atoms with Gasteiger partial charge >= 0.3 is 12.4 Å². The summed E-state index contributed by atoms with van der Waals surface area (Å²) in [6, 6.07) is 5.57. The van der Waals surface area contributed by atoms with Crippen molar-refractivity contribution in [2.45, 2.75) is 74.8 Å². The number of amides is 1. The van der Waals surface area contributed by atoms with Crippen LogP contribution in [0.5, 0.6) is 0 Å². The summed E-state index contributed by atoms with van der Waals surface area (Å²) in [5.41, 5.74) is -4.78. The van der Waals surface area contributed by atoms with Gasteiger partial charge < -0.3 is 5.32 Å². The van der Waals surface area contributed by atoms with Crippen LogP contribution in [0.1, 0.15) is 66.1 Å². The topological polar surface area (TPSA) is 141 Å². The van der Waals surface area contributed by atoms with Crippen LogP contribution in [0, 0.1) is 29.4 Å². The number of anilines is 1. The van der Waals surface area contributed by atoms with Gasteiger partial charge in [-0.3, -0.25) is 23.1 Å². The fourth-order valence-corrected chi connectivity index (χ4v) is 8.54. The molecule has 0 spiro atoms. The van der Waals surface area contributed by atoms with Crippen LogP contribution in [0.3, 0.4) is 0 Å². The number of nitrogens with one attached hydrogen (secondary N) is 2. The number of carbonyl (C=O) groups excluding carboxylic acids is 1. The maximum Gasteiger partial charge on any atom is 0.435 e. The van der Waals surface area contributed by atoms with Gasteiger partial charge in [-0.05, 0) is 89.8 Å². The predicted molar refractivity (Wildman–Crippen MR) is 218 cm³/mol. The molecule has 3 aromatic heterocycles. The molecule has 0 bridgehead atoms. The molecule has 2 aliphatic carbocycles. The SMILES string of the molecule is C=S(C)(=O)C(C)(C)C#Cc1ccc(-c2ccc(Cl)c3c(NS(C)(=O)=O)nn(CC(F)(F)F)c23)c([C@H](Cc2cc(F)cc(F)c2)NC(=O)Cn2nc(C(F)(F)F)c3c2C(F)(F)[C@@H]2C[C@H]32)n1. The zero-order valence-corrected chi connectivity index (χ0v) is 36.0. The Labute approximate surface area is 363 Å². The average molecular weight is 966 g/mol. The number of hydrogen-bond donors (Lipinski definition) is 2. The highest BCUT2D eigenvalue weighted by atomic mass is 35.5. The van der Waals surface area contributed by atoms with Gasteiger partial charge in [-0.1, -0.05) is 23.6 Å². The van der Waals surface area contributed by atoms with Gasteiger partial charge in [-0.15, -0.1) is 0 Å².